The third-order valence-corrected chi connectivity index (χ3v) is 8.70. The molecule has 0 bridgehead atoms. The fourth-order valence-corrected chi connectivity index (χ4v) is 5.95. The van der Waals surface area contributed by atoms with Crippen LogP contribution in [-0.4, -0.2) is 110 Å². The molecule has 0 aromatic heterocycles. The van der Waals surface area contributed by atoms with Crippen molar-refractivity contribution in [2.45, 2.75) is 149 Å². The number of carbonyl (C=O) groups excluding carboxylic acids is 7. The largest absolute Gasteiger partial charge is 0.370 e. The third-order valence-electron chi connectivity index (χ3n) is 8.70. The van der Waals surface area contributed by atoms with E-state index < -0.39 is 71.7 Å². The van der Waals surface area contributed by atoms with Crippen LogP contribution < -0.4 is 60.6 Å². The normalized spacial score (nSPS) is 14.2. The number of carbonyl (C=O) groups is 7. The van der Waals surface area contributed by atoms with Crippen LogP contribution in [0.2, 0.25) is 0 Å². The van der Waals surface area contributed by atoms with Gasteiger partial charge in [0.1, 0.15) is 36.5 Å². The van der Waals surface area contributed by atoms with Gasteiger partial charge in [0, 0.05) is 20.0 Å². The summed E-state index contributed by atoms with van der Waals surface area (Å²) in [5.41, 5.74) is 27.2. The highest BCUT2D eigenvalue weighted by atomic mass is 16.2. The molecular weight excluding hydrogens is 751 g/mol. The zero-order valence-corrected chi connectivity index (χ0v) is 35.6. The molecule has 0 aliphatic rings. The standard InChI is InChI=1S/C38H73N13O7/c1-22(2)18-29(34(56)48-28(13-8-9-15-39)32(54)47-26(21-52)12-10-16-44-37(40)41)50-36(58)31(20-24(5)6)51-35(57)30(19-23(3)4)49-33(55)27(46-25(7)53)14-11-17-45-38(42)43/h21-24,26-31H,8-20,39H2,1-7H3,(H,46,53)(H,47,54)(H,48,56)(H,49,55)(H,50,58)(H,51,57)(H4,40,41,44)(H4,42,43,45)/t26-,27-,28-,29-,30-,31-/m0/s1. The van der Waals surface area contributed by atoms with Gasteiger partial charge in [0.25, 0.3) is 0 Å². The van der Waals surface area contributed by atoms with E-state index in [1.807, 2.05) is 41.5 Å². The fourth-order valence-electron chi connectivity index (χ4n) is 5.95. The Labute approximate surface area is 343 Å². The Morgan fingerprint density at radius 1 is 0.500 bits per heavy atom. The minimum Gasteiger partial charge on any atom is -0.370 e. The molecule has 20 heteroatoms. The molecule has 0 saturated carbocycles. The smallest absolute Gasteiger partial charge is 0.243 e. The minimum absolute atomic E-state index is 0.0462. The van der Waals surface area contributed by atoms with E-state index in [0.717, 1.165) is 0 Å². The number of hydrogen-bond acceptors (Lipinski definition) is 10. The molecule has 332 valence electrons. The summed E-state index contributed by atoms with van der Waals surface area (Å²) >= 11 is 0. The lowest BCUT2D eigenvalue weighted by atomic mass is 9.98. The van der Waals surface area contributed by atoms with Gasteiger partial charge in [-0.2, -0.15) is 0 Å². The van der Waals surface area contributed by atoms with Gasteiger partial charge in [-0.3, -0.25) is 38.8 Å². The van der Waals surface area contributed by atoms with Crippen LogP contribution in [0.1, 0.15) is 113 Å². The molecule has 0 aliphatic heterocycles. The molecule has 0 aromatic rings. The molecular formula is C38H73N13O7. The van der Waals surface area contributed by atoms with Crippen LogP contribution in [0.3, 0.4) is 0 Å². The quantitative estimate of drug-likeness (QED) is 0.0171. The first kappa shape index (κ1) is 53.0. The average molecular weight is 824 g/mol. The van der Waals surface area contributed by atoms with E-state index in [-0.39, 0.29) is 81.3 Å². The van der Waals surface area contributed by atoms with Gasteiger partial charge in [0.2, 0.25) is 35.4 Å². The van der Waals surface area contributed by atoms with Crippen LogP contribution in [0.25, 0.3) is 0 Å². The highest BCUT2D eigenvalue weighted by molar-refractivity contribution is 5.96. The van der Waals surface area contributed by atoms with Crippen molar-refractivity contribution in [2.75, 3.05) is 19.6 Å². The van der Waals surface area contributed by atoms with Gasteiger partial charge in [0.05, 0.1) is 6.04 Å². The topological polar surface area (TPSA) is 346 Å². The summed E-state index contributed by atoms with van der Waals surface area (Å²) in [7, 11) is 0. The maximum absolute atomic E-state index is 14.0. The Hall–Kier alpha value is -5.01. The predicted molar refractivity (Wildman–Crippen MR) is 224 cm³/mol. The summed E-state index contributed by atoms with van der Waals surface area (Å²) in [6.45, 7) is 13.4. The van der Waals surface area contributed by atoms with Crippen LogP contribution in [0.5, 0.6) is 0 Å². The molecule has 0 rings (SSSR count). The van der Waals surface area contributed by atoms with Crippen molar-refractivity contribution in [1.82, 2.24) is 31.9 Å². The Kier molecular flexibility index (Phi) is 26.7. The van der Waals surface area contributed by atoms with Crippen molar-refractivity contribution in [3.8, 4) is 0 Å². The molecule has 0 radical (unpaired) electrons. The van der Waals surface area contributed by atoms with E-state index in [1.54, 1.807) is 0 Å². The molecule has 0 unspecified atom stereocenters. The number of aldehydes is 1. The maximum atomic E-state index is 14.0. The van der Waals surface area contributed by atoms with Crippen molar-refractivity contribution in [3.05, 3.63) is 0 Å². The monoisotopic (exact) mass is 824 g/mol. The number of unbranched alkanes of at least 4 members (excludes halogenated alkanes) is 1. The molecule has 0 aromatic carbocycles. The van der Waals surface area contributed by atoms with E-state index in [1.165, 1.54) is 6.92 Å². The lowest BCUT2D eigenvalue weighted by Gasteiger charge is -2.29. The number of nitrogens with two attached hydrogens (primary N) is 5. The summed E-state index contributed by atoms with van der Waals surface area (Å²) in [6.07, 6.45) is 3.82. The first-order valence-electron chi connectivity index (χ1n) is 20.3. The fraction of sp³-hybridized carbons (Fsp3) is 0.763. The Morgan fingerprint density at radius 3 is 1.21 bits per heavy atom. The van der Waals surface area contributed by atoms with Crippen LogP contribution >= 0.6 is 0 Å². The second kappa shape index (κ2) is 29.2. The molecule has 20 nitrogen and oxygen atoms in total. The number of hydrogen-bond donors (Lipinski definition) is 11. The predicted octanol–water partition coefficient (Wildman–Crippen LogP) is -1.51. The summed E-state index contributed by atoms with van der Waals surface area (Å²) in [4.78, 5) is 100. The zero-order valence-electron chi connectivity index (χ0n) is 35.6. The first-order chi connectivity index (χ1) is 27.2. The number of nitrogens with zero attached hydrogens (tertiary/aromatic N) is 2. The number of nitrogens with one attached hydrogen (secondary N) is 6. The van der Waals surface area contributed by atoms with Crippen LogP contribution in [0.4, 0.5) is 0 Å². The number of rotatable bonds is 30. The molecule has 0 saturated heterocycles. The van der Waals surface area contributed by atoms with Gasteiger partial charge in [-0.15, -0.1) is 0 Å². The highest BCUT2D eigenvalue weighted by Gasteiger charge is 2.33. The van der Waals surface area contributed by atoms with Gasteiger partial charge in [-0.1, -0.05) is 41.5 Å². The molecule has 0 spiro atoms. The minimum atomic E-state index is -1.09. The second-order valence-corrected chi connectivity index (χ2v) is 15.8. The zero-order chi connectivity index (χ0) is 44.4. The summed E-state index contributed by atoms with van der Waals surface area (Å²) in [6, 6.07) is -6.10. The maximum Gasteiger partial charge on any atom is 0.243 e. The molecule has 6 atom stereocenters. The number of guanidine groups is 2. The van der Waals surface area contributed by atoms with Crippen molar-refractivity contribution < 1.29 is 33.6 Å². The first-order valence-corrected chi connectivity index (χ1v) is 20.3. The van der Waals surface area contributed by atoms with Crippen molar-refractivity contribution in [2.24, 2.45) is 56.4 Å². The Morgan fingerprint density at radius 2 is 0.845 bits per heavy atom. The van der Waals surface area contributed by atoms with Crippen LogP contribution in [0.15, 0.2) is 9.98 Å². The lowest BCUT2D eigenvalue weighted by Crippen LogP contribution is -2.59. The second-order valence-electron chi connectivity index (χ2n) is 15.8. The molecule has 0 fully saturated rings. The van der Waals surface area contributed by atoms with Gasteiger partial charge in [0.15, 0.2) is 11.9 Å². The SMILES string of the molecule is CC(=O)N[C@@H](CCCN=C(N)N)C(=O)N[C@@H](CC(C)C)C(=O)N[C@@H](CC(C)C)C(=O)N[C@@H](CC(C)C)C(=O)N[C@@H](CCCCN)C(=O)N[C@H](C=O)CCCN=C(N)N. The average Bonchev–Trinajstić information content (AvgIpc) is 3.11. The van der Waals surface area contributed by atoms with Gasteiger partial charge in [-0.05, 0) is 88.5 Å². The summed E-state index contributed by atoms with van der Waals surface area (Å²) < 4.78 is 0. The van der Waals surface area contributed by atoms with Gasteiger partial charge >= 0.3 is 0 Å². The van der Waals surface area contributed by atoms with E-state index >= 15 is 0 Å². The van der Waals surface area contributed by atoms with Gasteiger partial charge in [-0.25, -0.2) is 0 Å². The molecule has 16 N–H and O–H groups in total. The van der Waals surface area contributed by atoms with E-state index in [2.05, 4.69) is 41.9 Å². The van der Waals surface area contributed by atoms with Crippen LogP contribution in [-0.2, 0) is 33.6 Å². The van der Waals surface area contributed by atoms with Crippen molar-refractivity contribution in [1.29, 1.82) is 0 Å². The number of amides is 6. The van der Waals surface area contributed by atoms with E-state index in [0.29, 0.717) is 38.5 Å². The van der Waals surface area contributed by atoms with Crippen LogP contribution in [0, 0.1) is 17.8 Å². The number of aliphatic imine (C=N–C) groups is 2. The Bertz CT molecular complexity index is 1370. The van der Waals surface area contributed by atoms with E-state index in [9.17, 15) is 33.6 Å². The van der Waals surface area contributed by atoms with Crippen molar-refractivity contribution >= 4 is 53.6 Å². The molecule has 6 amide bonds. The molecule has 58 heavy (non-hydrogen) atoms. The highest BCUT2D eigenvalue weighted by Crippen LogP contribution is 2.13. The molecule has 0 heterocycles. The summed E-state index contributed by atoms with van der Waals surface area (Å²) in [5, 5.41) is 16.4. The summed E-state index contributed by atoms with van der Waals surface area (Å²) in [5.74, 6) is -3.83. The Balaban J connectivity index is 6.22. The van der Waals surface area contributed by atoms with Crippen molar-refractivity contribution in [3.63, 3.8) is 0 Å². The lowest BCUT2D eigenvalue weighted by molar-refractivity contribution is -0.135. The third kappa shape index (κ3) is 24.6. The van der Waals surface area contributed by atoms with Gasteiger partial charge < -0.3 is 65.4 Å². The molecule has 0 aliphatic carbocycles. The van der Waals surface area contributed by atoms with E-state index in [4.69, 9.17) is 28.7 Å².